The number of hydrogen-bond donors (Lipinski definition) is 1. The summed E-state index contributed by atoms with van der Waals surface area (Å²) in [4.78, 5) is 28.3. The molecule has 0 saturated carbocycles. The van der Waals surface area contributed by atoms with Gasteiger partial charge in [0.2, 0.25) is 0 Å². The van der Waals surface area contributed by atoms with Crippen LogP contribution in [-0.4, -0.2) is 58.8 Å². The zero-order valence-electron chi connectivity index (χ0n) is 29.0. The van der Waals surface area contributed by atoms with Gasteiger partial charge in [-0.1, -0.05) is 91.1 Å². The fourth-order valence-electron chi connectivity index (χ4n) is 8.34. The summed E-state index contributed by atoms with van der Waals surface area (Å²) >= 11 is 0. The van der Waals surface area contributed by atoms with Gasteiger partial charge < -0.3 is 14.6 Å². The maximum absolute atomic E-state index is 15.0. The molecule has 0 radical (unpaired) electrons. The second-order valence-corrected chi connectivity index (χ2v) is 18.6. The van der Waals surface area contributed by atoms with E-state index in [0.29, 0.717) is 35.6 Å². The van der Waals surface area contributed by atoms with Crippen molar-refractivity contribution in [3.8, 4) is 5.75 Å². The van der Waals surface area contributed by atoms with Crippen LogP contribution in [0.2, 0.25) is 18.6 Å². The molecule has 262 valence electrons. The molecule has 5 atom stereocenters. The minimum absolute atomic E-state index is 0.0739. The topological polar surface area (TPSA) is 133 Å². The predicted octanol–water partition coefficient (Wildman–Crippen LogP) is 6.30. The molecule has 2 aliphatic heterocycles. The number of nitrogens with zero attached hydrogens (tertiary/aromatic N) is 5. The molecule has 5 aromatic rings. The summed E-state index contributed by atoms with van der Waals surface area (Å²) in [6, 6.07) is 31.9. The number of aliphatic hydroxyl groups excluding tert-OH is 1. The number of ether oxygens (including phenoxy) is 2. The van der Waals surface area contributed by atoms with Gasteiger partial charge in [-0.2, -0.15) is 0 Å². The van der Waals surface area contributed by atoms with E-state index >= 15 is 4.79 Å². The van der Waals surface area contributed by atoms with E-state index in [0.717, 1.165) is 11.3 Å². The minimum Gasteiger partial charge on any atom is -0.497 e. The van der Waals surface area contributed by atoms with E-state index in [-0.39, 0.29) is 35.6 Å². The number of aromatic nitrogens is 3. The molecule has 1 spiro atoms. The van der Waals surface area contributed by atoms with Crippen molar-refractivity contribution >= 4 is 36.2 Å². The summed E-state index contributed by atoms with van der Waals surface area (Å²) < 4.78 is 14.4. The smallest absolute Gasteiger partial charge is 0.269 e. The van der Waals surface area contributed by atoms with Crippen molar-refractivity contribution < 1.29 is 24.3 Å². The molecule has 11 nitrogen and oxygen atoms in total. The molecule has 1 saturated heterocycles. The van der Waals surface area contributed by atoms with Crippen molar-refractivity contribution in [2.75, 3.05) is 18.6 Å². The third kappa shape index (κ3) is 5.82. The first-order valence-corrected chi connectivity index (χ1v) is 20.2. The van der Waals surface area contributed by atoms with Crippen LogP contribution in [0.3, 0.4) is 0 Å². The molecule has 1 amide bonds. The average Bonchev–Trinajstić information content (AvgIpc) is 3.81. The van der Waals surface area contributed by atoms with Gasteiger partial charge in [-0.15, -0.1) is 5.10 Å². The van der Waals surface area contributed by atoms with Gasteiger partial charge in [-0.05, 0) is 47.9 Å². The summed E-state index contributed by atoms with van der Waals surface area (Å²) in [6.45, 7) is 7.01. The van der Waals surface area contributed by atoms with Gasteiger partial charge in [0.05, 0.1) is 50.1 Å². The summed E-state index contributed by atoms with van der Waals surface area (Å²) in [7, 11) is -0.811. The Kier molecular flexibility index (Phi) is 9.08. The lowest BCUT2D eigenvalue weighted by molar-refractivity contribution is -0.385. The Bertz CT molecular complexity index is 2040. The Balaban J connectivity index is 1.30. The van der Waals surface area contributed by atoms with Crippen molar-refractivity contribution in [3.05, 3.63) is 136 Å². The summed E-state index contributed by atoms with van der Waals surface area (Å²) in [5.41, 5.74) is 1.77. The lowest BCUT2D eigenvalue weighted by atomic mass is 9.82. The fraction of sp³-hybridized carbons (Fsp3) is 0.308. The molecule has 12 heteroatoms. The van der Waals surface area contributed by atoms with Gasteiger partial charge in [-0.3, -0.25) is 24.5 Å². The summed E-state index contributed by atoms with van der Waals surface area (Å²) in [6.07, 6.45) is 1.98. The molecule has 51 heavy (non-hydrogen) atoms. The second-order valence-electron chi connectivity index (χ2n) is 13.9. The second kappa shape index (κ2) is 13.5. The standard InChI is InChI=1S/C39H41N5O6Si/c1-26-37(51(3,4)31-18-16-30(49-2)17-19-31)36(21-22-42-24-34(40-41-42)32(25-45)27-11-7-5-8-12-27)50-39(26)33-23-29(44(47)48)15-20-35(33)43(38(39)46)28-13-9-6-10-14-28/h5-20,23-24,26,32,36-37,45H,21-22,25H2,1-4H3/t26-,32?,36+,37-,39+/m0/s1. The highest BCUT2D eigenvalue weighted by Crippen LogP contribution is 2.61. The first-order valence-electron chi connectivity index (χ1n) is 17.2. The van der Waals surface area contributed by atoms with Crippen LogP contribution in [0, 0.1) is 16.0 Å². The highest BCUT2D eigenvalue weighted by molar-refractivity contribution is 6.91. The SMILES string of the molecule is COc1ccc([Si](C)(C)[C@@H]2[C@@H](CCn3cc(C(CO)c4ccccc4)nn3)O[C@]3(C(=O)N(c4ccccc4)c4ccc([N+](=O)[O-])cc43)[C@H]2C)cc1. The number of para-hydroxylation sites is 1. The molecule has 0 bridgehead atoms. The van der Waals surface area contributed by atoms with Crippen LogP contribution in [0.25, 0.3) is 0 Å². The van der Waals surface area contributed by atoms with Gasteiger partial charge in [0.25, 0.3) is 11.6 Å². The largest absolute Gasteiger partial charge is 0.497 e. The number of aliphatic hydroxyl groups is 1. The van der Waals surface area contributed by atoms with E-state index in [2.05, 4.69) is 42.5 Å². The predicted molar refractivity (Wildman–Crippen MR) is 196 cm³/mol. The molecule has 1 unspecified atom stereocenters. The van der Waals surface area contributed by atoms with Crippen LogP contribution in [0.15, 0.2) is 109 Å². The number of hydrogen-bond acceptors (Lipinski definition) is 8. The van der Waals surface area contributed by atoms with Crippen LogP contribution >= 0.6 is 0 Å². The molecule has 3 heterocycles. The monoisotopic (exact) mass is 703 g/mol. The van der Waals surface area contributed by atoms with Gasteiger partial charge in [0.1, 0.15) is 5.75 Å². The van der Waals surface area contributed by atoms with Crippen molar-refractivity contribution in [1.29, 1.82) is 0 Å². The number of anilines is 2. The third-order valence-electron chi connectivity index (χ3n) is 10.9. The van der Waals surface area contributed by atoms with E-state index in [1.807, 2.05) is 79.0 Å². The maximum atomic E-state index is 15.0. The number of aryl methyl sites for hydroxylation is 1. The molecule has 1 fully saturated rings. The number of fused-ring (bicyclic) bond motifs is 2. The molecule has 0 aliphatic carbocycles. The Morgan fingerprint density at radius 2 is 1.71 bits per heavy atom. The van der Waals surface area contributed by atoms with E-state index < -0.39 is 24.7 Å². The normalized spacial score (nSPS) is 21.9. The maximum Gasteiger partial charge on any atom is 0.269 e. The van der Waals surface area contributed by atoms with Crippen molar-refractivity contribution in [2.24, 2.45) is 5.92 Å². The molecular weight excluding hydrogens is 663 g/mol. The van der Waals surface area contributed by atoms with Gasteiger partial charge in [0, 0.05) is 42.0 Å². The number of benzene rings is 4. The van der Waals surface area contributed by atoms with E-state index in [1.54, 1.807) is 22.8 Å². The Labute approximate surface area is 297 Å². The molecule has 7 rings (SSSR count). The first kappa shape index (κ1) is 34.3. The highest BCUT2D eigenvalue weighted by atomic mass is 28.3. The van der Waals surface area contributed by atoms with Crippen molar-refractivity contribution in [2.45, 2.75) is 56.1 Å². The van der Waals surface area contributed by atoms with Crippen molar-refractivity contribution in [1.82, 2.24) is 15.0 Å². The fourth-order valence-corrected chi connectivity index (χ4v) is 12.4. The van der Waals surface area contributed by atoms with Gasteiger partial charge >= 0.3 is 0 Å². The Hall–Kier alpha value is -5.17. The summed E-state index contributed by atoms with van der Waals surface area (Å²) in [5.74, 6) is -0.138. The molecule has 4 aromatic carbocycles. The molecule has 1 aromatic heterocycles. The van der Waals surface area contributed by atoms with Crippen LogP contribution < -0.4 is 14.8 Å². The van der Waals surface area contributed by atoms with Crippen LogP contribution in [-0.2, 0) is 21.7 Å². The highest BCUT2D eigenvalue weighted by Gasteiger charge is 2.66. The van der Waals surface area contributed by atoms with Crippen LogP contribution in [0.5, 0.6) is 5.75 Å². The Morgan fingerprint density at radius 1 is 1.02 bits per heavy atom. The number of amides is 1. The van der Waals surface area contributed by atoms with Crippen LogP contribution in [0.4, 0.5) is 17.1 Å². The summed E-state index contributed by atoms with van der Waals surface area (Å²) in [5, 5.41) is 32.4. The average molecular weight is 704 g/mol. The van der Waals surface area contributed by atoms with Gasteiger partial charge in [-0.25, -0.2) is 0 Å². The van der Waals surface area contributed by atoms with Crippen LogP contribution in [0.1, 0.15) is 36.1 Å². The quantitative estimate of drug-likeness (QED) is 0.0963. The van der Waals surface area contributed by atoms with E-state index in [9.17, 15) is 15.2 Å². The lowest BCUT2D eigenvalue weighted by Gasteiger charge is -2.37. The number of nitro groups is 1. The molecular formula is C39H41N5O6Si. The lowest BCUT2D eigenvalue weighted by Crippen LogP contribution is -2.51. The van der Waals surface area contributed by atoms with E-state index in [1.165, 1.54) is 17.3 Å². The van der Waals surface area contributed by atoms with Crippen molar-refractivity contribution in [3.63, 3.8) is 0 Å². The zero-order chi connectivity index (χ0) is 35.9. The number of carbonyl (C=O) groups excluding carboxylic acids is 1. The molecule has 2 aliphatic rings. The Morgan fingerprint density at radius 3 is 2.35 bits per heavy atom. The number of non-ortho nitro benzene ring substituents is 1. The first-order chi connectivity index (χ1) is 24.6. The zero-order valence-corrected chi connectivity index (χ0v) is 30.0. The minimum atomic E-state index is -2.45. The third-order valence-corrected chi connectivity index (χ3v) is 15.3. The number of nitro benzene ring substituents is 1. The number of carbonyl (C=O) groups is 1. The van der Waals surface area contributed by atoms with Gasteiger partial charge in [0.15, 0.2) is 5.60 Å². The number of methoxy groups -OCH3 is 1. The van der Waals surface area contributed by atoms with E-state index in [4.69, 9.17) is 9.47 Å². The molecule has 1 N–H and O–H groups in total. The number of rotatable bonds is 11.